The standard InChI is InChI=1S/C15H31N3/c1-5-16-8-10-17(11-9-16)12-14-6-7-18(13-14)15(2,3)4/h14H,5-13H2,1-4H3/t14-/m0/s1. The second-order valence-corrected chi connectivity index (χ2v) is 7.01. The number of rotatable bonds is 3. The number of piperazine rings is 1. The quantitative estimate of drug-likeness (QED) is 0.759. The summed E-state index contributed by atoms with van der Waals surface area (Å²) in [7, 11) is 0. The molecule has 0 radical (unpaired) electrons. The van der Waals surface area contributed by atoms with Crippen molar-refractivity contribution < 1.29 is 0 Å². The summed E-state index contributed by atoms with van der Waals surface area (Å²) in [6.45, 7) is 19.5. The molecule has 0 saturated carbocycles. The Hall–Kier alpha value is -0.120. The predicted molar refractivity (Wildman–Crippen MR) is 78.0 cm³/mol. The summed E-state index contributed by atoms with van der Waals surface area (Å²) in [5.74, 6) is 0.900. The van der Waals surface area contributed by atoms with E-state index in [1.165, 1.54) is 58.8 Å². The molecular formula is C15H31N3. The maximum atomic E-state index is 2.68. The van der Waals surface area contributed by atoms with Crippen molar-refractivity contribution in [1.82, 2.24) is 14.7 Å². The van der Waals surface area contributed by atoms with Gasteiger partial charge in [-0.2, -0.15) is 0 Å². The fraction of sp³-hybridized carbons (Fsp3) is 1.00. The van der Waals surface area contributed by atoms with Crippen LogP contribution in [0.25, 0.3) is 0 Å². The van der Waals surface area contributed by atoms with Crippen molar-refractivity contribution in [1.29, 1.82) is 0 Å². The molecule has 2 aliphatic rings. The number of hydrogen-bond acceptors (Lipinski definition) is 3. The highest BCUT2D eigenvalue weighted by molar-refractivity contribution is 4.86. The highest BCUT2D eigenvalue weighted by Crippen LogP contribution is 2.25. The first-order chi connectivity index (χ1) is 8.49. The number of likely N-dealkylation sites (N-methyl/N-ethyl adjacent to an activating group) is 1. The van der Waals surface area contributed by atoms with Crippen molar-refractivity contribution in [3.05, 3.63) is 0 Å². The Morgan fingerprint density at radius 3 is 2.06 bits per heavy atom. The first-order valence-electron chi connectivity index (χ1n) is 7.69. The van der Waals surface area contributed by atoms with Crippen LogP contribution < -0.4 is 0 Å². The summed E-state index contributed by atoms with van der Waals surface area (Å²) in [4.78, 5) is 7.90. The molecule has 2 fully saturated rings. The van der Waals surface area contributed by atoms with Gasteiger partial charge in [0.1, 0.15) is 0 Å². The van der Waals surface area contributed by atoms with Crippen molar-refractivity contribution in [2.75, 3.05) is 52.4 Å². The number of hydrogen-bond donors (Lipinski definition) is 0. The molecule has 18 heavy (non-hydrogen) atoms. The van der Waals surface area contributed by atoms with Crippen LogP contribution in [0.1, 0.15) is 34.1 Å². The van der Waals surface area contributed by atoms with E-state index in [-0.39, 0.29) is 0 Å². The van der Waals surface area contributed by atoms with Crippen LogP contribution in [-0.4, -0.2) is 72.6 Å². The zero-order chi connectivity index (χ0) is 13.2. The summed E-state index contributed by atoms with van der Waals surface area (Å²) < 4.78 is 0. The van der Waals surface area contributed by atoms with Gasteiger partial charge in [-0.3, -0.25) is 4.90 Å². The Bertz CT molecular complexity index is 251. The maximum Gasteiger partial charge on any atom is 0.0125 e. The molecule has 106 valence electrons. The summed E-state index contributed by atoms with van der Waals surface area (Å²) in [6, 6.07) is 0. The molecule has 0 bridgehead atoms. The normalized spacial score (nSPS) is 29.0. The molecule has 0 N–H and O–H groups in total. The molecule has 0 amide bonds. The number of likely N-dealkylation sites (tertiary alicyclic amines) is 1. The van der Waals surface area contributed by atoms with Crippen molar-refractivity contribution in [3.63, 3.8) is 0 Å². The van der Waals surface area contributed by atoms with Gasteiger partial charge in [0.2, 0.25) is 0 Å². The monoisotopic (exact) mass is 253 g/mol. The second kappa shape index (κ2) is 5.89. The highest BCUT2D eigenvalue weighted by Gasteiger charge is 2.31. The third kappa shape index (κ3) is 3.69. The van der Waals surface area contributed by atoms with Gasteiger partial charge in [0.05, 0.1) is 0 Å². The van der Waals surface area contributed by atoms with Crippen LogP contribution >= 0.6 is 0 Å². The van der Waals surface area contributed by atoms with Gasteiger partial charge >= 0.3 is 0 Å². The van der Waals surface area contributed by atoms with E-state index >= 15 is 0 Å². The summed E-state index contributed by atoms with van der Waals surface area (Å²) in [5, 5.41) is 0. The minimum Gasteiger partial charge on any atom is -0.301 e. The third-order valence-corrected chi connectivity index (χ3v) is 4.66. The van der Waals surface area contributed by atoms with Crippen LogP contribution in [0.2, 0.25) is 0 Å². The summed E-state index contributed by atoms with van der Waals surface area (Å²) in [5.41, 5.74) is 0.357. The molecule has 0 aromatic rings. The zero-order valence-electron chi connectivity index (χ0n) is 12.8. The van der Waals surface area contributed by atoms with Crippen molar-refractivity contribution >= 4 is 0 Å². The van der Waals surface area contributed by atoms with Crippen LogP contribution in [0.3, 0.4) is 0 Å². The Labute approximate surface area is 113 Å². The van der Waals surface area contributed by atoms with E-state index in [9.17, 15) is 0 Å². The van der Waals surface area contributed by atoms with E-state index in [0.29, 0.717) is 5.54 Å². The Morgan fingerprint density at radius 2 is 1.56 bits per heavy atom. The van der Waals surface area contributed by atoms with Gasteiger partial charge in [0, 0.05) is 44.8 Å². The van der Waals surface area contributed by atoms with Crippen LogP contribution in [0, 0.1) is 5.92 Å². The molecule has 2 rings (SSSR count). The molecular weight excluding hydrogens is 222 g/mol. The predicted octanol–water partition coefficient (Wildman–Crippen LogP) is 1.74. The fourth-order valence-electron chi connectivity index (χ4n) is 3.24. The average Bonchev–Trinajstić information content (AvgIpc) is 2.78. The molecule has 2 heterocycles. The fourth-order valence-corrected chi connectivity index (χ4v) is 3.24. The molecule has 0 unspecified atom stereocenters. The molecule has 3 heteroatoms. The van der Waals surface area contributed by atoms with E-state index in [0.717, 1.165) is 5.92 Å². The van der Waals surface area contributed by atoms with E-state index in [1.807, 2.05) is 0 Å². The second-order valence-electron chi connectivity index (χ2n) is 7.01. The van der Waals surface area contributed by atoms with Gasteiger partial charge in [-0.15, -0.1) is 0 Å². The third-order valence-electron chi connectivity index (χ3n) is 4.66. The van der Waals surface area contributed by atoms with Gasteiger partial charge in [-0.05, 0) is 46.2 Å². The van der Waals surface area contributed by atoms with Gasteiger partial charge < -0.3 is 9.80 Å². The lowest BCUT2D eigenvalue weighted by atomic mass is 10.1. The van der Waals surface area contributed by atoms with Crippen LogP contribution in [0.5, 0.6) is 0 Å². The minimum absolute atomic E-state index is 0.357. The lowest BCUT2D eigenvalue weighted by Gasteiger charge is -2.36. The van der Waals surface area contributed by atoms with Gasteiger partial charge in [0.15, 0.2) is 0 Å². The molecule has 2 aliphatic heterocycles. The SMILES string of the molecule is CCN1CCN(C[C@@H]2CCN(C(C)(C)C)C2)CC1. The molecule has 0 aromatic carbocycles. The summed E-state index contributed by atoms with van der Waals surface area (Å²) in [6.07, 6.45) is 1.39. The molecule has 0 spiro atoms. The average molecular weight is 253 g/mol. The first-order valence-corrected chi connectivity index (χ1v) is 7.69. The zero-order valence-corrected chi connectivity index (χ0v) is 12.8. The van der Waals surface area contributed by atoms with Gasteiger partial charge in [-0.25, -0.2) is 0 Å². The molecule has 3 nitrogen and oxygen atoms in total. The van der Waals surface area contributed by atoms with Crippen molar-refractivity contribution in [2.45, 2.75) is 39.7 Å². The van der Waals surface area contributed by atoms with Crippen LogP contribution in [-0.2, 0) is 0 Å². The Balaban J connectivity index is 1.72. The largest absolute Gasteiger partial charge is 0.301 e. The molecule has 0 aliphatic carbocycles. The first kappa shape index (κ1) is 14.3. The van der Waals surface area contributed by atoms with Crippen molar-refractivity contribution in [2.24, 2.45) is 5.92 Å². The topological polar surface area (TPSA) is 9.72 Å². The highest BCUT2D eigenvalue weighted by atomic mass is 15.3. The van der Waals surface area contributed by atoms with Gasteiger partial charge in [-0.1, -0.05) is 6.92 Å². The molecule has 2 saturated heterocycles. The maximum absolute atomic E-state index is 2.68. The van der Waals surface area contributed by atoms with Crippen LogP contribution in [0.4, 0.5) is 0 Å². The van der Waals surface area contributed by atoms with E-state index < -0.39 is 0 Å². The van der Waals surface area contributed by atoms with Crippen molar-refractivity contribution in [3.8, 4) is 0 Å². The molecule has 0 aromatic heterocycles. The molecule has 1 atom stereocenters. The van der Waals surface area contributed by atoms with Crippen LogP contribution in [0.15, 0.2) is 0 Å². The van der Waals surface area contributed by atoms with E-state index in [4.69, 9.17) is 0 Å². The van der Waals surface area contributed by atoms with Gasteiger partial charge in [0.25, 0.3) is 0 Å². The van der Waals surface area contributed by atoms with E-state index in [2.05, 4.69) is 42.4 Å². The Kier molecular flexibility index (Phi) is 4.68. The lowest BCUT2D eigenvalue weighted by molar-refractivity contribution is 0.116. The number of nitrogens with zero attached hydrogens (tertiary/aromatic N) is 3. The smallest absolute Gasteiger partial charge is 0.0125 e. The summed E-state index contributed by atoms with van der Waals surface area (Å²) >= 11 is 0. The Morgan fingerprint density at radius 1 is 0.944 bits per heavy atom. The van der Waals surface area contributed by atoms with E-state index in [1.54, 1.807) is 0 Å². The minimum atomic E-state index is 0.357. The lowest BCUT2D eigenvalue weighted by Crippen LogP contribution is -2.48.